The summed E-state index contributed by atoms with van der Waals surface area (Å²) in [6.45, 7) is 0. The molecule has 0 bridgehead atoms. The Hall–Kier alpha value is -6.70. The minimum absolute atomic E-state index is 0.0260. The SMILES string of the molecule is [2H]c1c([2H])c(-c2cccc3ccccc23)c([2H])c(N(c2ccc(-c3cccc(-c4ccccc4)c3)cc2)c2cccc(-c3ccc4ccccc4c3)c2)c1[2H]. The monoisotopic (exact) mass is 653 g/mol. The van der Waals surface area contributed by atoms with Crippen molar-refractivity contribution in [3.05, 3.63) is 212 Å². The van der Waals surface area contributed by atoms with E-state index in [9.17, 15) is 2.74 Å². The van der Waals surface area contributed by atoms with Crippen molar-refractivity contribution >= 4 is 38.6 Å². The van der Waals surface area contributed by atoms with Gasteiger partial charge in [0.25, 0.3) is 0 Å². The molecular weight excluding hydrogens is 615 g/mol. The summed E-state index contributed by atoms with van der Waals surface area (Å²) >= 11 is 0. The Bertz CT molecular complexity index is 2860. The Morgan fingerprint density at radius 1 is 0.333 bits per heavy atom. The summed E-state index contributed by atoms with van der Waals surface area (Å²) in [6, 6.07) is 63.1. The standard InChI is InChI=1S/C50H35N/c1-2-12-36(13-3-1)41-18-8-19-42(32-41)38-28-30-46(31-29-38)51(47-22-9-20-43(34-47)44-27-26-37-14-4-5-16-40(37)33-44)48-23-10-21-45(35-48)50-25-11-17-39-15-6-7-24-49(39)50/h1-35H/i10D,21D,23D,35D. The van der Waals surface area contributed by atoms with Crippen LogP contribution in [0.5, 0.6) is 0 Å². The Morgan fingerprint density at radius 2 is 0.922 bits per heavy atom. The van der Waals surface area contributed by atoms with Crippen molar-refractivity contribution < 1.29 is 5.48 Å². The van der Waals surface area contributed by atoms with Crippen LogP contribution in [0.3, 0.4) is 0 Å². The van der Waals surface area contributed by atoms with Crippen LogP contribution >= 0.6 is 0 Å². The third-order valence-corrected chi connectivity index (χ3v) is 9.51. The molecule has 0 unspecified atom stereocenters. The van der Waals surface area contributed by atoms with Gasteiger partial charge < -0.3 is 4.90 Å². The maximum absolute atomic E-state index is 9.79. The Kier molecular flexibility index (Phi) is 6.84. The molecular formula is C50H35N. The van der Waals surface area contributed by atoms with E-state index in [1.807, 2.05) is 102 Å². The van der Waals surface area contributed by atoms with E-state index in [1.165, 1.54) is 0 Å². The summed E-state index contributed by atoms with van der Waals surface area (Å²) in [4.78, 5) is 1.91. The second kappa shape index (κ2) is 13.3. The smallest absolute Gasteiger partial charge is 0.0651 e. The van der Waals surface area contributed by atoms with Crippen LogP contribution in [-0.2, 0) is 0 Å². The van der Waals surface area contributed by atoms with Crippen LogP contribution in [0.4, 0.5) is 17.1 Å². The Morgan fingerprint density at radius 3 is 1.75 bits per heavy atom. The van der Waals surface area contributed by atoms with Gasteiger partial charge in [-0.3, -0.25) is 0 Å². The average molecular weight is 654 g/mol. The number of fused-ring (bicyclic) bond motifs is 2. The third kappa shape index (κ3) is 6.07. The van der Waals surface area contributed by atoms with Crippen LogP contribution in [0.2, 0.25) is 0 Å². The van der Waals surface area contributed by atoms with E-state index in [-0.39, 0.29) is 29.9 Å². The van der Waals surface area contributed by atoms with Crippen molar-refractivity contribution in [2.24, 2.45) is 0 Å². The normalized spacial score (nSPS) is 12.2. The minimum Gasteiger partial charge on any atom is -0.310 e. The van der Waals surface area contributed by atoms with Crippen LogP contribution in [0.25, 0.3) is 66.1 Å². The highest BCUT2D eigenvalue weighted by Gasteiger charge is 2.16. The number of rotatable bonds is 7. The first-order valence-corrected chi connectivity index (χ1v) is 17.2. The summed E-state index contributed by atoms with van der Waals surface area (Å²) in [7, 11) is 0. The van der Waals surface area contributed by atoms with Crippen molar-refractivity contribution in [2.75, 3.05) is 4.90 Å². The molecule has 9 rings (SSSR count). The lowest BCUT2D eigenvalue weighted by Crippen LogP contribution is -2.10. The topological polar surface area (TPSA) is 3.24 Å². The molecule has 0 aliphatic carbocycles. The number of hydrogen-bond donors (Lipinski definition) is 0. The maximum Gasteiger partial charge on any atom is 0.0651 e. The Balaban J connectivity index is 1.23. The van der Waals surface area contributed by atoms with Gasteiger partial charge in [0.15, 0.2) is 0 Å². The van der Waals surface area contributed by atoms with Gasteiger partial charge in [0, 0.05) is 17.1 Å². The molecule has 240 valence electrons. The van der Waals surface area contributed by atoms with Crippen LogP contribution in [0.15, 0.2) is 212 Å². The fraction of sp³-hybridized carbons (Fsp3) is 0. The van der Waals surface area contributed by atoms with Gasteiger partial charge in [-0.2, -0.15) is 0 Å². The fourth-order valence-electron chi connectivity index (χ4n) is 6.94. The molecule has 9 aromatic carbocycles. The van der Waals surface area contributed by atoms with E-state index in [0.29, 0.717) is 11.1 Å². The summed E-state index contributed by atoms with van der Waals surface area (Å²) in [5, 5.41) is 4.17. The van der Waals surface area contributed by atoms with Gasteiger partial charge in [-0.15, -0.1) is 0 Å². The molecule has 0 atom stereocenters. The van der Waals surface area contributed by atoms with Crippen molar-refractivity contribution in [3.8, 4) is 44.5 Å². The summed E-state index contributed by atoms with van der Waals surface area (Å²) in [6.07, 6.45) is 0. The maximum atomic E-state index is 9.79. The molecule has 0 amide bonds. The number of hydrogen-bond acceptors (Lipinski definition) is 1. The van der Waals surface area contributed by atoms with E-state index >= 15 is 0 Å². The summed E-state index contributed by atoms with van der Waals surface area (Å²) in [5.74, 6) is 0. The fourth-order valence-corrected chi connectivity index (χ4v) is 6.94. The number of anilines is 3. The van der Waals surface area contributed by atoms with Crippen molar-refractivity contribution in [1.29, 1.82) is 0 Å². The van der Waals surface area contributed by atoms with E-state index in [2.05, 4.69) is 91.0 Å². The Labute approximate surface area is 305 Å². The molecule has 0 N–H and O–H groups in total. The van der Waals surface area contributed by atoms with Crippen LogP contribution in [0.1, 0.15) is 5.48 Å². The molecule has 0 heterocycles. The third-order valence-electron chi connectivity index (χ3n) is 9.51. The van der Waals surface area contributed by atoms with E-state index in [1.54, 1.807) is 0 Å². The van der Waals surface area contributed by atoms with Crippen molar-refractivity contribution in [3.63, 3.8) is 0 Å². The van der Waals surface area contributed by atoms with Crippen LogP contribution in [-0.4, -0.2) is 0 Å². The van der Waals surface area contributed by atoms with Crippen molar-refractivity contribution in [2.45, 2.75) is 0 Å². The molecule has 1 nitrogen and oxygen atoms in total. The molecule has 0 saturated carbocycles. The molecule has 9 aromatic rings. The quantitative estimate of drug-likeness (QED) is 0.165. The molecule has 0 fully saturated rings. The average Bonchev–Trinajstić information content (AvgIpc) is 3.25. The van der Waals surface area contributed by atoms with Crippen LogP contribution in [0, 0.1) is 0 Å². The summed E-state index contributed by atoms with van der Waals surface area (Å²) < 4.78 is 37.4. The van der Waals surface area contributed by atoms with Crippen molar-refractivity contribution in [1.82, 2.24) is 0 Å². The summed E-state index contributed by atoms with van der Waals surface area (Å²) in [5.41, 5.74) is 9.17. The first kappa shape index (κ1) is 26.2. The highest BCUT2D eigenvalue weighted by atomic mass is 15.1. The second-order valence-corrected chi connectivity index (χ2v) is 12.7. The second-order valence-electron chi connectivity index (χ2n) is 12.7. The molecule has 1 heteroatoms. The number of benzene rings is 9. The predicted octanol–water partition coefficient (Wildman–Crippen LogP) is 14.1. The van der Waals surface area contributed by atoms with E-state index in [4.69, 9.17) is 2.74 Å². The van der Waals surface area contributed by atoms with Gasteiger partial charge in [0.2, 0.25) is 0 Å². The van der Waals surface area contributed by atoms with Gasteiger partial charge in [-0.1, -0.05) is 164 Å². The van der Waals surface area contributed by atoms with Gasteiger partial charge in [0.1, 0.15) is 0 Å². The molecule has 0 spiro atoms. The van der Waals surface area contributed by atoms with Gasteiger partial charge >= 0.3 is 0 Å². The largest absolute Gasteiger partial charge is 0.310 e. The first-order chi connectivity index (χ1) is 26.9. The van der Waals surface area contributed by atoms with E-state index < -0.39 is 0 Å². The molecule has 0 aliphatic rings. The lowest BCUT2D eigenvalue weighted by atomic mass is 9.97. The highest BCUT2D eigenvalue weighted by Crippen LogP contribution is 2.40. The van der Waals surface area contributed by atoms with Gasteiger partial charge in [-0.05, 0) is 115 Å². The zero-order valence-corrected chi connectivity index (χ0v) is 27.8. The first-order valence-electron chi connectivity index (χ1n) is 19.2. The van der Waals surface area contributed by atoms with Gasteiger partial charge in [0.05, 0.1) is 5.48 Å². The van der Waals surface area contributed by atoms with E-state index in [0.717, 1.165) is 66.3 Å². The minimum atomic E-state index is -0.223. The molecule has 0 saturated heterocycles. The lowest BCUT2D eigenvalue weighted by molar-refractivity contribution is 1.28. The molecule has 0 aliphatic heterocycles. The van der Waals surface area contributed by atoms with Crippen LogP contribution < -0.4 is 4.90 Å². The molecule has 0 radical (unpaired) electrons. The zero-order valence-electron chi connectivity index (χ0n) is 31.8. The predicted molar refractivity (Wildman–Crippen MR) is 218 cm³/mol. The zero-order chi connectivity index (χ0) is 37.5. The van der Waals surface area contributed by atoms with Gasteiger partial charge in [-0.25, -0.2) is 0 Å². The number of nitrogens with zero attached hydrogens (tertiary/aromatic N) is 1. The highest BCUT2D eigenvalue weighted by molar-refractivity contribution is 5.97. The molecule has 51 heavy (non-hydrogen) atoms. The lowest BCUT2D eigenvalue weighted by Gasteiger charge is -2.27. The molecule has 0 aromatic heterocycles.